The zero-order chi connectivity index (χ0) is 12.1. The summed E-state index contributed by atoms with van der Waals surface area (Å²) in [5, 5.41) is 9.12. The molecule has 5 heteroatoms. The highest BCUT2D eigenvalue weighted by atomic mass is 16.4. The highest BCUT2D eigenvalue weighted by molar-refractivity contribution is 5.79. The van der Waals surface area contributed by atoms with Crippen LogP contribution < -0.4 is 5.73 Å². The Morgan fingerprint density at radius 3 is 2.38 bits per heavy atom. The van der Waals surface area contributed by atoms with Gasteiger partial charge in [-0.3, -0.25) is 14.5 Å². The van der Waals surface area contributed by atoms with E-state index >= 15 is 0 Å². The van der Waals surface area contributed by atoms with E-state index in [0.717, 1.165) is 0 Å². The van der Waals surface area contributed by atoms with Crippen LogP contribution in [0.1, 0.15) is 11.6 Å². The zero-order valence-corrected chi connectivity index (χ0v) is 8.96. The first-order chi connectivity index (χ1) is 7.52. The molecule has 16 heavy (non-hydrogen) atoms. The fourth-order valence-electron chi connectivity index (χ4n) is 1.56. The molecule has 0 aliphatic rings. The Kier molecular flexibility index (Phi) is 4.02. The molecular weight excluding hydrogens is 208 g/mol. The molecule has 0 aliphatic carbocycles. The van der Waals surface area contributed by atoms with Gasteiger partial charge in [-0.05, 0) is 12.6 Å². The summed E-state index contributed by atoms with van der Waals surface area (Å²) in [5.74, 6) is -1.56. The van der Waals surface area contributed by atoms with Crippen LogP contribution in [-0.2, 0) is 9.59 Å². The Bertz CT molecular complexity index is 378. The average Bonchev–Trinajstić information content (AvgIpc) is 2.17. The number of aliphatic carboxylic acids is 1. The summed E-state index contributed by atoms with van der Waals surface area (Å²) in [4.78, 5) is 23.3. The van der Waals surface area contributed by atoms with Crippen molar-refractivity contribution in [3.05, 3.63) is 35.9 Å². The Morgan fingerprint density at radius 1 is 1.38 bits per heavy atom. The standard InChI is InChI=1S/C11H14N2O3/c1-13(7-9(12)14)10(11(15)16)8-5-3-2-4-6-8/h2-6,10H,7H2,1H3,(H2,12,14)(H,15,16). The highest BCUT2D eigenvalue weighted by Crippen LogP contribution is 2.18. The van der Waals surface area contributed by atoms with Crippen LogP contribution in [0.15, 0.2) is 30.3 Å². The van der Waals surface area contributed by atoms with Crippen molar-refractivity contribution in [3.8, 4) is 0 Å². The first-order valence-corrected chi connectivity index (χ1v) is 4.78. The van der Waals surface area contributed by atoms with E-state index in [1.165, 1.54) is 4.90 Å². The number of amides is 1. The fraction of sp³-hybridized carbons (Fsp3) is 0.273. The molecule has 5 nitrogen and oxygen atoms in total. The van der Waals surface area contributed by atoms with E-state index in [2.05, 4.69) is 0 Å². The van der Waals surface area contributed by atoms with E-state index in [1.54, 1.807) is 37.4 Å². The van der Waals surface area contributed by atoms with Gasteiger partial charge in [-0.15, -0.1) is 0 Å². The summed E-state index contributed by atoms with van der Waals surface area (Å²) in [6.45, 7) is -0.0914. The molecule has 0 heterocycles. The summed E-state index contributed by atoms with van der Waals surface area (Å²) >= 11 is 0. The molecule has 1 aromatic rings. The number of carbonyl (C=O) groups is 2. The number of likely N-dealkylation sites (N-methyl/N-ethyl adjacent to an activating group) is 1. The Balaban J connectivity index is 2.92. The molecule has 1 amide bonds. The minimum Gasteiger partial charge on any atom is -0.480 e. The third kappa shape index (κ3) is 3.06. The van der Waals surface area contributed by atoms with Crippen LogP contribution in [0.2, 0.25) is 0 Å². The number of hydrogen-bond donors (Lipinski definition) is 2. The molecule has 1 rings (SSSR count). The molecule has 0 radical (unpaired) electrons. The molecule has 3 N–H and O–H groups in total. The van der Waals surface area contributed by atoms with Gasteiger partial charge in [0.1, 0.15) is 6.04 Å². The summed E-state index contributed by atoms with van der Waals surface area (Å²) < 4.78 is 0. The number of rotatable bonds is 5. The third-order valence-corrected chi connectivity index (χ3v) is 2.20. The number of carboxylic acid groups (broad SMARTS) is 1. The summed E-state index contributed by atoms with van der Waals surface area (Å²) in [6, 6.07) is 7.87. The summed E-state index contributed by atoms with van der Waals surface area (Å²) in [6.07, 6.45) is 0. The number of carbonyl (C=O) groups excluding carboxylic acids is 1. The van der Waals surface area contributed by atoms with Crippen molar-refractivity contribution in [3.63, 3.8) is 0 Å². The molecule has 0 saturated heterocycles. The largest absolute Gasteiger partial charge is 0.480 e. The van der Waals surface area contributed by atoms with Crippen molar-refractivity contribution in [2.24, 2.45) is 5.73 Å². The van der Waals surface area contributed by atoms with Crippen molar-refractivity contribution in [1.29, 1.82) is 0 Å². The van der Waals surface area contributed by atoms with E-state index in [1.807, 2.05) is 0 Å². The molecule has 0 fully saturated rings. The smallest absolute Gasteiger partial charge is 0.325 e. The van der Waals surface area contributed by atoms with Gasteiger partial charge in [0.2, 0.25) is 5.91 Å². The van der Waals surface area contributed by atoms with Gasteiger partial charge in [0.15, 0.2) is 0 Å². The predicted molar refractivity (Wildman–Crippen MR) is 58.6 cm³/mol. The molecule has 0 saturated carbocycles. The van der Waals surface area contributed by atoms with Crippen molar-refractivity contribution in [2.75, 3.05) is 13.6 Å². The van der Waals surface area contributed by atoms with Crippen molar-refractivity contribution < 1.29 is 14.7 Å². The van der Waals surface area contributed by atoms with Gasteiger partial charge in [0.05, 0.1) is 6.54 Å². The lowest BCUT2D eigenvalue weighted by molar-refractivity contribution is -0.143. The minimum atomic E-state index is -1.00. The molecule has 0 aromatic heterocycles. The third-order valence-electron chi connectivity index (χ3n) is 2.20. The van der Waals surface area contributed by atoms with Gasteiger partial charge in [0.25, 0.3) is 0 Å². The molecule has 0 aliphatic heterocycles. The van der Waals surface area contributed by atoms with Crippen LogP contribution in [-0.4, -0.2) is 35.5 Å². The van der Waals surface area contributed by atoms with Crippen molar-refractivity contribution in [1.82, 2.24) is 4.90 Å². The monoisotopic (exact) mass is 222 g/mol. The van der Waals surface area contributed by atoms with Gasteiger partial charge in [-0.25, -0.2) is 0 Å². The van der Waals surface area contributed by atoms with Gasteiger partial charge in [0, 0.05) is 0 Å². The topological polar surface area (TPSA) is 83.6 Å². The lowest BCUT2D eigenvalue weighted by Gasteiger charge is -2.23. The quantitative estimate of drug-likeness (QED) is 0.747. The number of nitrogens with zero attached hydrogens (tertiary/aromatic N) is 1. The van der Waals surface area contributed by atoms with Crippen LogP contribution in [0, 0.1) is 0 Å². The highest BCUT2D eigenvalue weighted by Gasteiger charge is 2.25. The molecule has 0 bridgehead atoms. The maximum Gasteiger partial charge on any atom is 0.325 e. The number of nitrogens with two attached hydrogens (primary N) is 1. The van der Waals surface area contributed by atoms with E-state index in [-0.39, 0.29) is 6.54 Å². The molecule has 1 atom stereocenters. The fourth-order valence-corrected chi connectivity index (χ4v) is 1.56. The molecule has 0 spiro atoms. The molecule has 1 aromatic carbocycles. The maximum absolute atomic E-state index is 11.1. The normalized spacial score (nSPS) is 12.4. The second-order valence-electron chi connectivity index (χ2n) is 3.53. The van der Waals surface area contributed by atoms with Crippen molar-refractivity contribution in [2.45, 2.75) is 6.04 Å². The summed E-state index contributed by atoms with van der Waals surface area (Å²) in [5.41, 5.74) is 5.66. The van der Waals surface area contributed by atoms with E-state index in [9.17, 15) is 9.59 Å². The second-order valence-corrected chi connectivity index (χ2v) is 3.53. The van der Waals surface area contributed by atoms with E-state index < -0.39 is 17.9 Å². The number of benzene rings is 1. The SMILES string of the molecule is CN(CC(N)=O)C(C(=O)O)c1ccccc1. The average molecular weight is 222 g/mol. The second kappa shape index (κ2) is 5.27. The van der Waals surface area contributed by atoms with Crippen LogP contribution in [0.25, 0.3) is 0 Å². The first-order valence-electron chi connectivity index (χ1n) is 4.78. The minimum absolute atomic E-state index is 0.0914. The first kappa shape index (κ1) is 12.2. The molecular formula is C11H14N2O3. The van der Waals surface area contributed by atoms with Gasteiger partial charge >= 0.3 is 5.97 Å². The Morgan fingerprint density at radius 2 is 1.94 bits per heavy atom. The van der Waals surface area contributed by atoms with Crippen LogP contribution in [0.3, 0.4) is 0 Å². The number of carboxylic acids is 1. The van der Waals surface area contributed by atoms with Crippen LogP contribution in [0.5, 0.6) is 0 Å². The van der Waals surface area contributed by atoms with Gasteiger partial charge in [-0.1, -0.05) is 30.3 Å². The molecule has 1 unspecified atom stereocenters. The van der Waals surface area contributed by atoms with E-state index in [0.29, 0.717) is 5.56 Å². The van der Waals surface area contributed by atoms with E-state index in [4.69, 9.17) is 10.8 Å². The maximum atomic E-state index is 11.1. The zero-order valence-electron chi connectivity index (χ0n) is 8.96. The Hall–Kier alpha value is -1.88. The van der Waals surface area contributed by atoms with Gasteiger partial charge in [-0.2, -0.15) is 0 Å². The van der Waals surface area contributed by atoms with Crippen molar-refractivity contribution >= 4 is 11.9 Å². The number of primary amides is 1. The van der Waals surface area contributed by atoms with Crippen LogP contribution in [0.4, 0.5) is 0 Å². The predicted octanol–water partition coefficient (Wildman–Crippen LogP) is 0.229. The molecule has 86 valence electrons. The van der Waals surface area contributed by atoms with Crippen LogP contribution >= 0.6 is 0 Å². The lowest BCUT2D eigenvalue weighted by atomic mass is 10.1. The Labute approximate surface area is 93.5 Å². The number of hydrogen-bond acceptors (Lipinski definition) is 3. The lowest BCUT2D eigenvalue weighted by Crippen LogP contribution is -2.37. The summed E-state index contributed by atoms with van der Waals surface area (Å²) in [7, 11) is 1.55. The van der Waals surface area contributed by atoms with Gasteiger partial charge < -0.3 is 10.8 Å².